The summed E-state index contributed by atoms with van der Waals surface area (Å²) in [5, 5.41) is 12.4. The molecule has 1 aliphatic heterocycles. The number of fused-ring (bicyclic) bond motifs is 5. The number of nitrogens with one attached hydrogen (secondary N) is 3. The van der Waals surface area contributed by atoms with E-state index in [-0.39, 0.29) is 5.91 Å². The summed E-state index contributed by atoms with van der Waals surface area (Å²) in [6, 6.07) is 14.5. The van der Waals surface area contributed by atoms with E-state index in [1.165, 1.54) is 26.7 Å². The quantitative estimate of drug-likeness (QED) is 0.246. The lowest BCUT2D eigenvalue weighted by atomic mass is 10.1. The van der Waals surface area contributed by atoms with Crippen LogP contribution in [0.15, 0.2) is 55.1 Å². The fraction of sp³-hybridized carbons (Fsp3) is 0.259. The average molecular weight is 489 g/mol. The topological polar surface area (TPSA) is 84.5 Å². The second kappa shape index (κ2) is 10.0. The lowest BCUT2D eigenvalue weighted by Crippen LogP contribution is -2.29. The number of hydrogen-bond donors (Lipinski definition) is 3. The number of amides is 1. The molecule has 0 spiro atoms. The van der Waals surface area contributed by atoms with Crippen LogP contribution >= 0.6 is 11.3 Å². The van der Waals surface area contributed by atoms with Crippen molar-refractivity contribution in [3.8, 4) is 17.0 Å². The third kappa shape index (κ3) is 4.73. The monoisotopic (exact) mass is 488 g/mol. The van der Waals surface area contributed by atoms with Crippen molar-refractivity contribution in [2.24, 2.45) is 0 Å². The molecule has 0 saturated carbocycles. The highest BCUT2D eigenvalue weighted by atomic mass is 32.1. The number of nitrogens with zero attached hydrogens (tertiary/aromatic N) is 1. The molecular weight excluding hydrogens is 460 g/mol. The van der Waals surface area contributed by atoms with Crippen LogP contribution in [0.3, 0.4) is 0 Å². The van der Waals surface area contributed by atoms with Crippen molar-refractivity contribution in [3.05, 3.63) is 60.0 Å². The van der Waals surface area contributed by atoms with E-state index in [9.17, 15) is 4.79 Å². The predicted molar refractivity (Wildman–Crippen MR) is 144 cm³/mol. The smallest absolute Gasteiger partial charge is 0.247 e. The van der Waals surface area contributed by atoms with Crippen LogP contribution in [0.5, 0.6) is 5.75 Å². The molecule has 0 aliphatic carbocycles. The molecule has 3 heterocycles. The van der Waals surface area contributed by atoms with E-state index in [0.29, 0.717) is 30.7 Å². The van der Waals surface area contributed by atoms with E-state index in [0.717, 1.165) is 35.2 Å². The van der Waals surface area contributed by atoms with Crippen LogP contribution in [0.4, 0.5) is 11.4 Å². The summed E-state index contributed by atoms with van der Waals surface area (Å²) in [7, 11) is 1.62. The van der Waals surface area contributed by atoms with Gasteiger partial charge < -0.3 is 25.4 Å². The number of thiophene rings is 1. The maximum atomic E-state index is 12.0. The van der Waals surface area contributed by atoms with Gasteiger partial charge in [0.05, 0.1) is 29.2 Å². The molecule has 5 rings (SSSR count). The number of rotatable bonds is 7. The van der Waals surface area contributed by atoms with Crippen LogP contribution in [-0.4, -0.2) is 43.8 Å². The van der Waals surface area contributed by atoms with Gasteiger partial charge in [-0.3, -0.25) is 4.79 Å². The van der Waals surface area contributed by atoms with Crippen molar-refractivity contribution < 1.29 is 14.3 Å². The first-order chi connectivity index (χ1) is 17.1. The Morgan fingerprint density at radius 3 is 2.97 bits per heavy atom. The molecule has 1 atom stereocenters. The second-order valence-corrected chi connectivity index (χ2v) is 9.65. The van der Waals surface area contributed by atoms with Crippen LogP contribution in [0.25, 0.3) is 32.2 Å². The molecule has 1 amide bonds. The number of aromatic nitrogens is 1. The molecule has 7 nitrogen and oxygen atoms in total. The molecule has 0 fully saturated rings. The van der Waals surface area contributed by atoms with Gasteiger partial charge in [0.15, 0.2) is 0 Å². The van der Waals surface area contributed by atoms with Crippen molar-refractivity contribution in [3.63, 3.8) is 0 Å². The number of carbonyl (C=O) groups excluding carboxylic acids is 1. The fourth-order valence-corrected chi connectivity index (χ4v) is 5.40. The molecule has 0 radical (unpaired) electrons. The number of benzene rings is 2. The minimum atomic E-state index is -0.304. The number of pyridine rings is 1. The molecule has 8 heteroatoms. The summed E-state index contributed by atoms with van der Waals surface area (Å²) in [6.45, 7) is 8.32. The minimum absolute atomic E-state index is 0.304. The predicted octanol–water partition coefficient (Wildman–Crippen LogP) is 5.17. The Bertz CT molecular complexity index is 1410. The van der Waals surface area contributed by atoms with E-state index in [1.807, 2.05) is 35.6 Å². The zero-order valence-corrected chi connectivity index (χ0v) is 20.6. The molecule has 1 aliphatic rings. The summed E-state index contributed by atoms with van der Waals surface area (Å²) < 4.78 is 12.1. The molecule has 180 valence electrons. The van der Waals surface area contributed by atoms with Crippen molar-refractivity contribution in [2.45, 2.75) is 19.5 Å². The van der Waals surface area contributed by atoms with Crippen molar-refractivity contribution in [1.29, 1.82) is 0 Å². The molecule has 0 bridgehead atoms. The summed E-state index contributed by atoms with van der Waals surface area (Å²) in [6.07, 6.45) is 1.24. The van der Waals surface area contributed by atoms with Gasteiger partial charge in [-0.2, -0.15) is 0 Å². The molecule has 35 heavy (non-hydrogen) atoms. The molecule has 3 N–H and O–H groups in total. The highest BCUT2D eigenvalue weighted by Crippen LogP contribution is 2.41. The summed E-state index contributed by atoms with van der Waals surface area (Å²) in [5.74, 6) is 0.264. The van der Waals surface area contributed by atoms with Crippen molar-refractivity contribution in [2.75, 3.05) is 37.5 Å². The first-order valence-electron chi connectivity index (χ1n) is 11.6. The lowest BCUT2D eigenvalue weighted by molar-refractivity contribution is -0.111. The van der Waals surface area contributed by atoms with Gasteiger partial charge in [-0.15, -0.1) is 11.3 Å². The molecule has 0 saturated heterocycles. The van der Waals surface area contributed by atoms with Gasteiger partial charge in [-0.05, 0) is 55.5 Å². The number of methoxy groups -OCH3 is 1. The summed E-state index contributed by atoms with van der Waals surface area (Å²) in [5.41, 5.74) is 4.41. The van der Waals surface area contributed by atoms with Crippen LogP contribution in [0.2, 0.25) is 0 Å². The third-order valence-electron chi connectivity index (χ3n) is 6.05. The number of anilines is 2. The second-order valence-electron chi connectivity index (χ2n) is 8.51. The Kier molecular flexibility index (Phi) is 6.68. The first-order valence-corrected chi connectivity index (χ1v) is 12.4. The zero-order valence-electron chi connectivity index (χ0n) is 19.8. The maximum Gasteiger partial charge on any atom is 0.247 e. The van der Waals surface area contributed by atoms with Gasteiger partial charge in [0.1, 0.15) is 12.4 Å². The lowest BCUT2D eigenvalue weighted by Gasteiger charge is -2.14. The van der Waals surface area contributed by atoms with Crippen molar-refractivity contribution in [1.82, 2.24) is 10.3 Å². The van der Waals surface area contributed by atoms with Gasteiger partial charge in [0, 0.05) is 52.2 Å². The van der Waals surface area contributed by atoms with E-state index in [1.54, 1.807) is 7.11 Å². The van der Waals surface area contributed by atoms with Crippen LogP contribution in [0.1, 0.15) is 11.8 Å². The Morgan fingerprint density at radius 1 is 1.26 bits per heavy atom. The minimum Gasteiger partial charge on any atom is -0.489 e. The standard InChI is InChI=1S/C27H28N4O3S/c1-4-25(32)31-21-13-17(5-9-22(21)34-12-11-33-3)19-7-6-18-20(30-19)8-10-23-26(18)27-24(35-23)15-28-16(2)14-29-27/h4-10,13,16,28-29H,1,11-12,14-15H2,2-3H3,(H,31,32)/t16-/m1/s1. The average Bonchev–Trinajstić information content (AvgIpc) is 3.14. The molecule has 0 unspecified atom stereocenters. The fourth-order valence-electron chi connectivity index (χ4n) is 4.25. The normalized spacial score (nSPS) is 15.3. The van der Waals surface area contributed by atoms with Gasteiger partial charge in [-0.1, -0.05) is 6.58 Å². The highest BCUT2D eigenvalue weighted by molar-refractivity contribution is 7.20. The summed E-state index contributed by atoms with van der Waals surface area (Å²) >= 11 is 1.83. The van der Waals surface area contributed by atoms with Crippen LogP contribution < -0.4 is 20.7 Å². The molecule has 2 aromatic carbocycles. The van der Waals surface area contributed by atoms with Gasteiger partial charge >= 0.3 is 0 Å². The van der Waals surface area contributed by atoms with Crippen LogP contribution in [-0.2, 0) is 16.1 Å². The largest absolute Gasteiger partial charge is 0.489 e. The van der Waals surface area contributed by atoms with E-state index in [2.05, 4.69) is 47.7 Å². The van der Waals surface area contributed by atoms with E-state index in [4.69, 9.17) is 14.5 Å². The maximum absolute atomic E-state index is 12.0. The first kappa shape index (κ1) is 23.3. The molecule has 4 aromatic rings. The van der Waals surface area contributed by atoms with Crippen molar-refractivity contribution >= 4 is 49.6 Å². The van der Waals surface area contributed by atoms with Gasteiger partial charge in [-0.25, -0.2) is 4.98 Å². The Labute approximate surface area is 208 Å². The Morgan fingerprint density at radius 2 is 2.14 bits per heavy atom. The molecular formula is C27H28N4O3S. The number of hydrogen-bond acceptors (Lipinski definition) is 7. The van der Waals surface area contributed by atoms with E-state index < -0.39 is 0 Å². The van der Waals surface area contributed by atoms with Gasteiger partial charge in [0.25, 0.3) is 0 Å². The zero-order chi connectivity index (χ0) is 24.4. The highest BCUT2D eigenvalue weighted by Gasteiger charge is 2.19. The SMILES string of the molecule is C=CC(=O)Nc1cc(-c2ccc3c(ccc4sc5c(c43)NC[C@@H](C)NC5)n2)ccc1OCCOC. The Balaban J connectivity index is 1.54. The third-order valence-corrected chi connectivity index (χ3v) is 7.21. The number of carbonyl (C=O) groups is 1. The van der Waals surface area contributed by atoms with Gasteiger partial charge in [0.2, 0.25) is 5.91 Å². The number of ether oxygens (including phenoxy) is 2. The van der Waals surface area contributed by atoms with Crippen LogP contribution in [0, 0.1) is 0 Å². The Hall–Kier alpha value is -3.46. The summed E-state index contributed by atoms with van der Waals surface area (Å²) in [4.78, 5) is 18.3. The molecule has 2 aromatic heterocycles. The van der Waals surface area contributed by atoms with E-state index >= 15 is 0 Å².